The fourth-order valence-corrected chi connectivity index (χ4v) is 2.95. The summed E-state index contributed by atoms with van der Waals surface area (Å²) < 4.78 is 0. The average molecular weight is 312 g/mol. The molecule has 6 nitrogen and oxygen atoms in total. The standard InChI is InChI=1S/C14H18ClN3O3/c1-2-10-4-3-8-17(9-6-10)14(19)11-5-7-16-13(15)12(11)18(20)21/h5,7,10H,2-4,6,8-9H2,1H3. The number of hydrogen-bond acceptors (Lipinski definition) is 4. The molecule has 7 heteroatoms. The second-order valence-corrected chi connectivity index (χ2v) is 5.61. The minimum absolute atomic E-state index is 0.0231. The van der Waals surface area contributed by atoms with Crippen molar-refractivity contribution in [3.63, 3.8) is 0 Å². The molecule has 0 radical (unpaired) electrons. The van der Waals surface area contributed by atoms with Crippen LogP contribution in [-0.4, -0.2) is 33.8 Å². The molecule has 1 atom stereocenters. The molecule has 0 saturated carbocycles. The summed E-state index contributed by atoms with van der Waals surface area (Å²) in [5, 5.41) is 10.9. The second kappa shape index (κ2) is 6.85. The topological polar surface area (TPSA) is 76.3 Å². The summed E-state index contributed by atoms with van der Waals surface area (Å²) in [6.45, 7) is 3.41. The highest BCUT2D eigenvalue weighted by Gasteiger charge is 2.29. The predicted octanol–water partition coefficient (Wildman–Crippen LogP) is 3.30. The molecule has 1 saturated heterocycles. The average Bonchev–Trinajstić information content (AvgIpc) is 2.71. The number of aromatic nitrogens is 1. The van der Waals surface area contributed by atoms with Crippen LogP contribution in [-0.2, 0) is 0 Å². The van der Waals surface area contributed by atoms with Crippen molar-refractivity contribution in [2.24, 2.45) is 5.92 Å². The maximum Gasteiger partial charge on any atom is 0.319 e. The minimum atomic E-state index is -0.644. The molecule has 1 aliphatic rings. The first-order valence-corrected chi connectivity index (χ1v) is 7.50. The van der Waals surface area contributed by atoms with Crippen LogP contribution in [0, 0.1) is 16.0 Å². The van der Waals surface area contributed by atoms with E-state index in [9.17, 15) is 14.9 Å². The molecule has 0 bridgehead atoms. The molecular formula is C14H18ClN3O3. The van der Waals surface area contributed by atoms with Crippen LogP contribution in [0.1, 0.15) is 43.0 Å². The van der Waals surface area contributed by atoms with E-state index in [4.69, 9.17) is 11.6 Å². The molecule has 1 aromatic heterocycles. The summed E-state index contributed by atoms with van der Waals surface area (Å²) in [4.78, 5) is 28.4. The van der Waals surface area contributed by atoms with Gasteiger partial charge in [0.05, 0.1) is 4.92 Å². The molecule has 2 heterocycles. The number of likely N-dealkylation sites (tertiary alicyclic amines) is 1. The highest BCUT2D eigenvalue weighted by Crippen LogP contribution is 2.28. The Morgan fingerprint density at radius 1 is 1.52 bits per heavy atom. The molecule has 114 valence electrons. The lowest BCUT2D eigenvalue weighted by Crippen LogP contribution is -2.32. The Hall–Kier alpha value is -1.69. The maximum absolute atomic E-state index is 12.6. The van der Waals surface area contributed by atoms with Crippen LogP contribution in [0.4, 0.5) is 5.69 Å². The Labute approximate surface area is 128 Å². The fraction of sp³-hybridized carbons (Fsp3) is 0.571. The van der Waals surface area contributed by atoms with E-state index in [1.165, 1.54) is 12.3 Å². The van der Waals surface area contributed by atoms with Gasteiger partial charge in [-0.25, -0.2) is 4.98 Å². The zero-order valence-electron chi connectivity index (χ0n) is 11.9. The summed E-state index contributed by atoms with van der Waals surface area (Å²) in [5.41, 5.74) is -0.379. The summed E-state index contributed by atoms with van der Waals surface area (Å²) in [7, 11) is 0. The SMILES string of the molecule is CCC1CCCN(C(=O)c2ccnc(Cl)c2[N+](=O)[O-])CC1. The van der Waals surface area contributed by atoms with Gasteiger partial charge in [0.1, 0.15) is 5.56 Å². The zero-order valence-corrected chi connectivity index (χ0v) is 12.7. The quantitative estimate of drug-likeness (QED) is 0.487. The van der Waals surface area contributed by atoms with Crippen molar-refractivity contribution in [3.8, 4) is 0 Å². The summed E-state index contributed by atoms with van der Waals surface area (Å²) in [6, 6.07) is 1.37. The Morgan fingerprint density at radius 3 is 2.95 bits per heavy atom. The van der Waals surface area contributed by atoms with Crippen molar-refractivity contribution in [3.05, 3.63) is 33.1 Å². The Balaban J connectivity index is 2.24. The third-order valence-corrected chi connectivity index (χ3v) is 4.28. The van der Waals surface area contributed by atoms with Gasteiger partial charge in [0, 0.05) is 19.3 Å². The number of rotatable bonds is 3. The van der Waals surface area contributed by atoms with E-state index >= 15 is 0 Å². The molecule has 1 aliphatic heterocycles. The van der Waals surface area contributed by atoms with Gasteiger partial charge >= 0.3 is 5.69 Å². The van der Waals surface area contributed by atoms with Crippen LogP contribution in [0.25, 0.3) is 0 Å². The van der Waals surface area contributed by atoms with Gasteiger partial charge in [-0.15, -0.1) is 0 Å². The number of nitro groups is 1. The van der Waals surface area contributed by atoms with Crippen molar-refractivity contribution in [1.29, 1.82) is 0 Å². The maximum atomic E-state index is 12.6. The Kier molecular flexibility index (Phi) is 5.12. The number of halogens is 1. The summed E-state index contributed by atoms with van der Waals surface area (Å²) in [6.07, 6.45) is 5.39. The monoisotopic (exact) mass is 311 g/mol. The molecule has 0 aliphatic carbocycles. The molecule has 21 heavy (non-hydrogen) atoms. The minimum Gasteiger partial charge on any atom is -0.338 e. The van der Waals surface area contributed by atoms with Crippen molar-refractivity contribution in [2.45, 2.75) is 32.6 Å². The lowest BCUT2D eigenvalue weighted by molar-refractivity contribution is -0.385. The smallest absolute Gasteiger partial charge is 0.319 e. The van der Waals surface area contributed by atoms with Crippen molar-refractivity contribution < 1.29 is 9.72 Å². The molecule has 1 aromatic rings. The van der Waals surface area contributed by atoms with Gasteiger partial charge in [-0.2, -0.15) is 0 Å². The fourth-order valence-electron chi connectivity index (χ4n) is 2.72. The van der Waals surface area contributed by atoms with Crippen molar-refractivity contribution >= 4 is 23.2 Å². The third kappa shape index (κ3) is 3.50. The van der Waals surface area contributed by atoms with E-state index < -0.39 is 10.6 Å². The van der Waals surface area contributed by atoms with E-state index in [0.717, 1.165) is 25.7 Å². The number of carbonyl (C=O) groups excluding carboxylic acids is 1. The van der Waals surface area contributed by atoms with Crippen LogP contribution < -0.4 is 0 Å². The normalized spacial score (nSPS) is 19.1. The summed E-state index contributed by atoms with van der Waals surface area (Å²) >= 11 is 5.76. The number of hydrogen-bond donors (Lipinski definition) is 0. The van der Waals surface area contributed by atoms with Gasteiger partial charge in [0.2, 0.25) is 5.15 Å². The zero-order chi connectivity index (χ0) is 15.4. The van der Waals surface area contributed by atoms with E-state index in [2.05, 4.69) is 11.9 Å². The van der Waals surface area contributed by atoms with E-state index in [1.807, 2.05) is 0 Å². The lowest BCUT2D eigenvalue weighted by Gasteiger charge is -2.20. The highest BCUT2D eigenvalue weighted by molar-refractivity contribution is 6.32. The number of amides is 1. The molecule has 1 unspecified atom stereocenters. The molecule has 0 spiro atoms. The summed E-state index contributed by atoms with van der Waals surface area (Å²) in [5.74, 6) is 0.293. The highest BCUT2D eigenvalue weighted by atomic mass is 35.5. The number of pyridine rings is 1. The van der Waals surface area contributed by atoms with Gasteiger partial charge in [0.15, 0.2) is 0 Å². The van der Waals surface area contributed by atoms with Crippen molar-refractivity contribution in [1.82, 2.24) is 9.88 Å². The van der Waals surface area contributed by atoms with Crippen LogP contribution >= 0.6 is 11.6 Å². The van der Waals surface area contributed by atoms with Gasteiger partial charge in [0.25, 0.3) is 5.91 Å². The first-order chi connectivity index (χ1) is 10.0. The molecule has 1 fully saturated rings. The Morgan fingerprint density at radius 2 is 2.29 bits per heavy atom. The molecule has 2 rings (SSSR count). The van der Waals surface area contributed by atoms with E-state index in [-0.39, 0.29) is 16.6 Å². The van der Waals surface area contributed by atoms with E-state index in [1.54, 1.807) is 4.90 Å². The van der Waals surface area contributed by atoms with Crippen LogP contribution in [0.2, 0.25) is 5.15 Å². The van der Waals surface area contributed by atoms with Crippen LogP contribution in [0.5, 0.6) is 0 Å². The predicted molar refractivity (Wildman–Crippen MR) is 79.4 cm³/mol. The molecule has 1 amide bonds. The van der Waals surface area contributed by atoms with Gasteiger partial charge in [-0.05, 0) is 31.2 Å². The second-order valence-electron chi connectivity index (χ2n) is 5.25. The molecule has 0 aromatic carbocycles. The Bertz CT molecular complexity index is 550. The lowest BCUT2D eigenvalue weighted by atomic mass is 9.98. The van der Waals surface area contributed by atoms with Gasteiger partial charge in [-0.3, -0.25) is 14.9 Å². The first kappa shape index (κ1) is 15.7. The number of carbonyl (C=O) groups is 1. The van der Waals surface area contributed by atoms with Crippen molar-refractivity contribution in [2.75, 3.05) is 13.1 Å². The van der Waals surface area contributed by atoms with Crippen LogP contribution in [0.15, 0.2) is 12.3 Å². The molecule has 0 N–H and O–H groups in total. The van der Waals surface area contributed by atoms with Gasteiger partial charge < -0.3 is 4.90 Å². The largest absolute Gasteiger partial charge is 0.338 e. The van der Waals surface area contributed by atoms with Crippen LogP contribution in [0.3, 0.4) is 0 Å². The first-order valence-electron chi connectivity index (χ1n) is 7.12. The van der Waals surface area contributed by atoms with E-state index in [0.29, 0.717) is 19.0 Å². The molecular weight excluding hydrogens is 294 g/mol. The third-order valence-electron chi connectivity index (χ3n) is 4.00. The van der Waals surface area contributed by atoms with Gasteiger partial charge in [-0.1, -0.05) is 24.9 Å². The number of nitrogens with zero attached hydrogens (tertiary/aromatic N) is 3.